The molecule has 1 heterocycles. The summed E-state index contributed by atoms with van der Waals surface area (Å²) >= 11 is 0. The second-order valence-corrected chi connectivity index (χ2v) is 8.14. The summed E-state index contributed by atoms with van der Waals surface area (Å²) in [6.45, 7) is 0.382. The minimum atomic E-state index is -4.80. The van der Waals surface area contributed by atoms with Crippen molar-refractivity contribution in [3.05, 3.63) is 82.7 Å². The van der Waals surface area contributed by atoms with E-state index in [2.05, 4.69) is 5.10 Å². The van der Waals surface area contributed by atoms with Crippen molar-refractivity contribution in [2.75, 3.05) is 11.6 Å². The summed E-state index contributed by atoms with van der Waals surface area (Å²) in [5.74, 6) is -0.395. The number of aromatic hydroxyl groups is 1. The number of phenolic OH excluding ortho intramolecular Hbond substituents is 1. The van der Waals surface area contributed by atoms with Crippen LogP contribution in [0.5, 0.6) is 5.75 Å². The topological polar surface area (TPSA) is 59.6 Å². The monoisotopic (exact) mass is 451 g/mol. The van der Waals surface area contributed by atoms with E-state index in [4.69, 9.17) is 0 Å². The Morgan fingerprint density at radius 2 is 1.82 bits per heavy atom. The summed E-state index contributed by atoms with van der Waals surface area (Å²) in [6, 6.07) is 14.0. The van der Waals surface area contributed by atoms with Gasteiger partial charge in [-0.15, -0.1) is 0 Å². The average Bonchev–Trinajstić information content (AvgIpc) is 3.22. The Balaban J connectivity index is 1.70. The number of aryl methyl sites for hydroxylation is 1. The first kappa shape index (κ1) is 21.0. The summed E-state index contributed by atoms with van der Waals surface area (Å²) in [5.41, 5.74) is 1.17. The molecule has 3 aromatic carbocycles. The number of hydrogen-bond donors (Lipinski definition) is 1. The van der Waals surface area contributed by atoms with Crippen LogP contribution in [0.15, 0.2) is 59.7 Å². The van der Waals surface area contributed by atoms with Gasteiger partial charge in [0.2, 0.25) is 0 Å². The first-order valence-electron chi connectivity index (χ1n) is 10.3. The Bertz CT molecular complexity index is 1320. The van der Waals surface area contributed by atoms with Gasteiger partial charge in [-0.2, -0.15) is 23.5 Å². The summed E-state index contributed by atoms with van der Waals surface area (Å²) in [6.07, 6.45) is -3.32. The van der Waals surface area contributed by atoms with E-state index < -0.39 is 23.1 Å². The van der Waals surface area contributed by atoms with E-state index in [1.165, 1.54) is 23.2 Å². The molecule has 5 rings (SSSR count). The van der Waals surface area contributed by atoms with Crippen LogP contribution < -0.4 is 5.01 Å². The van der Waals surface area contributed by atoms with E-state index in [-0.39, 0.29) is 28.5 Å². The zero-order chi connectivity index (χ0) is 23.3. The van der Waals surface area contributed by atoms with Crippen molar-refractivity contribution in [3.8, 4) is 22.9 Å². The van der Waals surface area contributed by atoms with Gasteiger partial charge in [0.15, 0.2) is 0 Å². The molecule has 0 saturated carbocycles. The van der Waals surface area contributed by atoms with Crippen LogP contribution in [0.25, 0.3) is 11.1 Å². The predicted octanol–water partition coefficient (Wildman–Crippen LogP) is 5.88. The Kier molecular flexibility index (Phi) is 4.85. The zero-order valence-electron chi connectivity index (χ0n) is 17.2. The number of fused-ring (bicyclic) bond motifs is 3. The van der Waals surface area contributed by atoms with Crippen LogP contribution in [0.3, 0.4) is 0 Å². The Labute approximate surface area is 187 Å². The molecule has 166 valence electrons. The lowest BCUT2D eigenvalue weighted by Gasteiger charge is -2.24. The standard InChI is InChI=1S/C25H17F4N3O/c26-18-6-3-14(4-7-18)22-21(10-5-16(12-30)23(22)25(27,28)29)32-13-17-2-1-15-11-19(33)8-9-20(15)24(17)31-32/h3-11,17,33H,1-2,13H2. The molecule has 0 aromatic heterocycles. The summed E-state index contributed by atoms with van der Waals surface area (Å²) in [5, 5.41) is 25.4. The SMILES string of the molecule is N#Cc1ccc(N2CC3CCc4cc(O)ccc4C3=N2)c(-c2ccc(F)cc2)c1C(F)(F)F. The lowest BCUT2D eigenvalue weighted by atomic mass is 9.82. The number of phenols is 1. The van der Waals surface area contributed by atoms with Gasteiger partial charge in [0.25, 0.3) is 0 Å². The highest BCUT2D eigenvalue weighted by Crippen LogP contribution is 2.46. The van der Waals surface area contributed by atoms with Gasteiger partial charge in [0.05, 0.1) is 35.1 Å². The summed E-state index contributed by atoms with van der Waals surface area (Å²) < 4.78 is 56.0. The van der Waals surface area contributed by atoms with Crippen LogP contribution in [-0.4, -0.2) is 17.4 Å². The number of nitrogens with zero attached hydrogens (tertiary/aromatic N) is 3. The number of benzene rings is 3. The van der Waals surface area contributed by atoms with Gasteiger partial charge in [-0.1, -0.05) is 12.1 Å². The third kappa shape index (κ3) is 3.59. The van der Waals surface area contributed by atoms with E-state index in [0.29, 0.717) is 6.54 Å². The fraction of sp³-hybridized carbons (Fsp3) is 0.200. The van der Waals surface area contributed by atoms with Gasteiger partial charge in [0.1, 0.15) is 11.6 Å². The first-order chi connectivity index (χ1) is 15.8. The molecular weight excluding hydrogens is 434 g/mol. The van der Waals surface area contributed by atoms with Gasteiger partial charge >= 0.3 is 6.18 Å². The number of alkyl halides is 3. The summed E-state index contributed by atoms with van der Waals surface area (Å²) in [7, 11) is 0. The van der Waals surface area contributed by atoms with E-state index in [1.807, 2.05) is 0 Å². The maximum absolute atomic E-state index is 14.2. The second kappa shape index (κ2) is 7.62. The number of rotatable bonds is 2. The normalized spacial score (nSPS) is 17.2. The van der Waals surface area contributed by atoms with Crippen molar-refractivity contribution in [1.82, 2.24) is 0 Å². The number of halogens is 4. The highest BCUT2D eigenvalue weighted by molar-refractivity contribution is 6.07. The molecule has 0 amide bonds. The van der Waals surface area contributed by atoms with Crippen LogP contribution >= 0.6 is 0 Å². The molecule has 0 saturated heterocycles. The van der Waals surface area contributed by atoms with Crippen LogP contribution in [0.1, 0.15) is 28.7 Å². The highest BCUT2D eigenvalue weighted by atomic mass is 19.4. The molecular formula is C25H17F4N3O. The number of nitriles is 1. The molecule has 1 N–H and O–H groups in total. The van der Waals surface area contributed by atoms with E-state index in [9.17, 15) is 27.9 Å². The fourth-order valence-electron chi connectivity index (χ4n) is 4.67. The third-order valence-electron chi connectivity index (χ3n) is 6.13. The molecule has 1 aliphatic heterocycles. The minimum absolute atomic E-state index is 0.0214. The van der Waals surface area contributed by atoms with Gasteiger partial charge in [-0.05, 0) is 66.4 Å². The second-order valence-electron chi connectivity index (χ2n) is 8.14. The quantitative estimate of drug-likeness (QED) is 0.496. The molecule has 1 unspecified atom stereocenters. The van der Waals surface area contributed by atoms with Gasteiger partial charge in [0, 0.05) is 17.0 Å². The predicted molar refractivity (Wildman–Crippen MR) is 115 cm³/mol. The molecule has 0 spiro atoms. The van der Waals surface area contributed by atoms with Crippen molar-refractivity contribution in [1.29, 1.82) is 5.26 Å². The van der Waals surface area contributed by atoms with E-state index >= 15 is 0 Å². The van der Waals surface area contributed by atoms with E-state index in [1.54, 1.807) is 24.3 Å². The van der Waals surface area contributed by atoms with Gasteiger partial charge in [-0.3, -0.25) is 5.01 Å². The lowest BCUT2D eigenvalue weighted by molar-refractivity contribution is -0.137. The maximum Gasteiger partial charge on any atom is 0.418 e. The van der Waals surface area contributed by atoms with Crippen LogP contribution in [0.4, 0.5) is 23.2 Å². The number of anilines is 1. The molecule has 8 heteroatoms. The van der Waals surface area contributed by atoms with Gasteiger partial charge in [-0.25, -0.2) is 4.39 Å². The number of hydrogen-bond acceptors (Lipinski definition) is 4. The Morgan fingerprint density at radius 3 is 2.52 bits per heavy atom. The molecule has 2 aliphatic rings. The average molecular weight is 451 g/mol. The largest absolute Gasteiger partial charge is 0.508 e. The number of hydrazone groups is 1. The Hall–Kier alpha value is -3.86. The lowest BCUT2D eigenvalue weighted by Crippen LogP contribution is -2.25. The molecule has 4 nitrogen and oxygen atoms in total. The van der Waals surface area contributed by atoms with Crippen LogP contribution in [-0.2, 0) is 12.6 Å². The van der Waals surface area contributed by atoms with Crippen LogP contribution in [0.2, 0.25) is 0 Å². The van der Waals surface area contributed by atoms with Crippen LogP contribution in [0, 0.1) is 23.1 Å². The molecule has 0 radical (unpaired) electrons. The van der Waals surface area contributed by atoms with Crippen molar-refractivity contribution < 1.29 is 22.7 Å². The Morgan fingerprint density at radius 1 is 1.06 bits per heavy atom. The molecule has 1 atom stereocenters. The molecule has 0 fully saturated rings. The molecule has 0 bridgehead atoms. The van der Waals surface area contributed by atoms with Crippen molar-refractivity contribution in [2.45, 2.75) is 19.0 Å². The van der Waals surface area contributed by atoms with Crippen molar-refractivity contribution in [2.24, 2.45) is 11.0 Å². The van der Waals surface area contributed by atoms with Gasteiger partial charge < -0.3 is 5.11 Å². The van der Waals surface area contributed by atoms with E-state index in [0.717, 1.165) is 47.9 Å². The smallest absolute Gasteiger partial charge is 0.418 e. The van der Waals surface area contributed by atoms with Crippen molar-refractivity contribution in [3.63, 3.8) is 0 Å². The summed E-state index contributed by atoms with van der Waals surface area (Å²) in [4.78, 5) is 0. The first-order valence-corrected chi connectivity index (χ1v) is 10.3. The third-order valence-corrected chi connectivity index (χ3v) is 6.13. The minimum Gasteiger partial charge on any atom is -0.508 e. The fourth-order valence-corrected chi connectivity index (χ4v) is 4.67. The highest BCUT2D eigenvalue weighted by Gasteiger charge is 2.40. The maximum atomic E-state index is 14.2. The zero-order valence-corrected chi connectivity index (χ0v) is 17.2. The molecule has 33 heavy (non-hydrogen) atoms. The van der Waals surface area contributed by atoms with Crippen molar-refractivity contribution >= 4 is 11.4 Å². The molecule has 3 aromatic rings. The molecule has 1 aliphatic carbocycles.